The molecule has 5 rings (SSSR count). The Bertz CT molecular complexity index is 1140. The van der Waals surface area contributed by atoms with E-state index in [1.54, 1.807) is 12.4 Å². The number of nitrogens with one attached hydrogen (secondary N) is 1. The first-order chi connectivity index (χ1) is 14.7. The maximum atomic E-state index is 12.9. The molecule has 160 valence electrons. The number of pyridine rings is 2. The SMILES string of the molecule is Cn1nc(C(F)(F)F)cc1C(=O)NC1(c2ccc(-c3ccnc(C4CC4)c3)nc2)CC1. The van der Waals surface area contributed by atoms with Crippen LogP contribution in [0.1, 0.15) is 59.0 Å². The van der Waals surface area contributed by atoms with Gasteiger partial charge in [0, 0.05) is 42.7 Å². The molecule has 3 heterocycles. The van der Waals surface area contributed by atoms with Crippen LogP contribution < -0.4 is 5.32 Å². The van der Waals surface area contributed by atoms with Gasteiger partial charge in [-0.05, 0) is 49.4 Å². The van der Waals surface area contributed by atoms with Crippen molar-refractivity contribution in [2.75, 3.05) is 0 Å². The number of rotatable bonds is 5. The van der Waals surface area contributed by atoms with Crippen molar-refractivity contribution in [3.05, 3.63) is 65.4 Å². The number of carbonyl (C=O) groups excluding carboxylic acids is 1. The monoisotopic (exact) mass is 427 g/mol. The van der Waals surface area contributed by atoms with Crippen LogP contribution >= 0.6 is 0 Å². The van der Waals surface area contributed by atoms with Crippen LogP contribution in [-0.4, -0.2) is 25.7 Å². The number of hydrogen-bond donors (Lipinski definition) is 1. The van der Waals surface area contributed by atoms with Crippen LogP contribution in [0.2, 0.25) is 0 Å². The van der Waals surface area contributed by atoms with Crippen LogP contribution in [0.25, 0.3) is 11.3 Å². The molecule has 2 aliphatic rings. The quantitative estimate of drug-likeness (QED) is 0.663. The summed E-state index contributed by atoms with van der Waals surface area (Å²) in [4.78, 5) is 21.7. The standard InChI is InChI=1S/C22H20F3N5O/c1-30-18(11-19(29-30)22(23,24)25)20(31)28-21(7-8-21)15-4-5-16(27-12-15)14-6-9-26-17(10-14)13-2-3-13/h4-6,9-13H,2-3,7-8H2,1H3,(H,28,31). The van der Waals surface area contributed by atoms with Crippen LogP contribution in [0.3, 0.4) is 0 Å². The van der Waals surface area contributed by atoms with Crippen molar-refractivity contribution in [2.45, 2.75) is 43.3 Å². The van der Waals surface area contributed by atoms with E-state index in [9.17, 15) is 18.0 Å². The second kappa shape index (κ2) is 6.90. The Labute approximate surface area is 176 Å². The summed E-state index contributed by atoms with van der Waals surface area (Å²) >= 11 is 0. The molecular weight excluding hydrogens is 407 g/mol. The number of alkyl halides is 3. The van der Waals surface area contributed by atoms with Gasteiger partial charge in [-0.3, -0.25) is 19.4 Å². The Morgan fingerprint density at radius 2 is 1.94 bits per heavy atom. The van der Waals surface area contributed by atoms with Gasteiger partial charge in [0.25, 0.3) is 5.91 Å². The summed E-state index contributed by atoms with van der Waals surface area (Å²) in [6.07, 6.45) is 2.67. The molecule has 9 heteroatoms. The van der Waals surface area contributed by atoms with Gasteiger partial charge in [0.15, 0.2) is 5.69 Å². The molecule has 2 fully saturated rings. The molecule has 1 N–H and O–H groups in total. The van der Waals surface area contributed by atoms with Crippen molar-refractivity contribution in [1.82, 2.24) is 25.1 Å². The van der Waals surface area contributed by atoms with Crippen molar-refractivity contribution in [2.24, 2.45) is 7.05 Å². The van der Waals surface area contributed by atoms with Gasteiger partial charge in [-0.15, -0.1) is 0 Å². The molecule has 2 aliphatic carbocycles. The predicted molar refractivity (Wildman–Crippen MR) is 106 cm³/mol. The predicted octanol–water partition coefficient (Wildman–Crippen LogP) is 4.19. The lowest BCUT2D eigenvalue weighted by Crippen LogP contribution is -2.36. The summed E-state index contributed by atoms with van der Waals surface area (Å²) in [5.74, 6) is -0.0377. The molecule has 3 aromatic rings. The minimum absolute atomic E-state index is 0.132. The molecule has 31 heavy (non-hydrogen) atoms. The zero-order chi connectivity index (χ0) is 21.8. The maximum Gasteiger partial charge on any atom is 0.435 e. The number of carbonyl (C=O) groups is 1. The minimum Gasteiger partial charge on any atom is -0.341 e. The van der Waals surface area contributed by atoms with Crippen LogP contribution in [-0.2, 0) is 18.8 Å². The molecule has 0 radical (unpaired) electrons. The van der Waals surface area contributed by atoms with Gasteiger partial charge in [-0.1, -0.05) is 6.07 Å². The Balaban J connectivity index is 1.34. The first-order valence-corrected chi connectivity index (χ1v) is 10.1. The normalized spacial score (nSPS) is 17.4. The third-order valence-corrected chi connectivity index (χ3v) is 5.89. The second-order valence-electron chi connectivity index (χ2n) is 8.25. The molecule has 0 aromatic carbocycles. The third-order valence-electron chi connectivity index (χ3n) is 5.89. The van der Waals surface area contributed by atoms with Gasteiger partial charge in [0.1, 0.15) is 5.69 Å². The van der Waals surface area contributed by atoms with E-state index >= 15 is 0 Å². The molecule has 0 aliphatic heterocycles. The van der Waals surface area contributed by atoms with Crippen LogP contribution in [0.5, 0.6) is 0 Å². The summed E-state index contributed by atoms with van der Waals surface area (Å²) in [5.41, 5.74) is 1.90. The van der Waals surface area contributed by atoms with Crippen LogP contribution in [0.4, 0.5) is 13.2 Å². The highest BCUT2D eigenvalue weighted by Crippen LogP contribution is 2.46. The molecular formula is C22H20F3N5O. The van der Waals surface area contributed by atoms with Gasteiger partial charge in [0.05, 0.1) is 11.2 Å². The largest absolute Gasteiger partial charge is 0.435 e. The van der Waals surface area contributed by atoms with E-state index in [4.69, 9.17) is 0 Å². The number of amides is 1. The first-order valence-electron chi connectivity index (χ1n) is 10.1. The van der Waals surface area contributed by atoms with Crippen LogP contribution in [0, 0.1) is 0 Å². The molecule has 0 atom stereocenters. The Morgan fingerprint density at radius 3 is 2.52 bits per heavy atom. The summed E-state index contributed by atoms with van der Waals surface area (Å²) < 4.78 is 39.6. The van der Waals surface area contributed by atoms with E-state index < -0.39 is 23.3 Å². The van der Waals surface area contributed by atoms with Crippen molar-refractivity contribution < 1.29 is 18.0 Å². The fourth-order valence-electron chi connectivity index (χ4n) is 3.77. The molecule has 1 amide bonds. The summed E-state index contributed by atoms with van der Waals surface area (Å²) in [7, 11) is 1.32. The molecule has 2 saturated carbocycles. The van der Waals surface area contributed by atoms with E-state index in [0.717, 1.165) is 33.3 Å². The van der Waals surface area contributed by atoms with Gasteiger partial charge in [0.2, 0.25) is 0 Å². The van der Waals surface area contributed by atoms with Gasteiger partial charge in [-0.25, -0.2) is 0 Å². The number of hydrogen-bond acceptors (Lipinski definition) is 4. The smallest absolute Gasteiger partial charge is 0.341 e. The van der Waals surface area contributed by atoms with Gasteiger partial charge < -0.3 is 5.32 Å². The number of nitrogens with zero attached hydrogens (tertiary/aromatic N) is 4. The van der Waals surface area contributed by atoms with E-state index in [0.29, 0.717) is 18.8 Å². The number of aromatic nitrogens is 4. The molecule has 0 bridgehead atoms. The highest BCUT2D eigenvalue weighted by molar-refractivity contribution is 5.93. The maximum absolute atomic E-state index is 12.9. The summed E-state index contributed by atoms with van der Waals surface area (Å²) in [5, 5.41) is 6.29. The van der Waals surface area contributed by atoms with Crippen molar-refractivity contribution in [3.63, 3.8) is 0 Å². The van der Waals surface area contributed by atoms with Crippen LogP contribution in [0.15, 0.2) is 42.7 Å². The Morgan fingerprint density at radius 1 is 1.16 bits per heavy atom. The minimum atomic E-state index is -4.60. The van der Waals surface area contributed by atoms with Gasteiger partial charge >= 0.3 is 6.18 Å². The van der Waals surface area contributed by atoms with Crippen molar-refractivity contribution in [1.29, 1.82) is 0 Å². The fraction of sp³-hybridized carbons (Fsp3) is 0.364. The Kier molecular flexibility index (Phi) is 4.39. The highest BCUT2D eigenvalue weighted by atomic mass is 19.4. The highest BCUT2D eigenvalue weighted by Gasteiger charge is 2.46. The lowest BCUT2D eigenvalue weighted by molar-refractivity contribution is -0.141. The van der Waals surface area contributed by atoms with E-state index in [-0.39, 0.29) is 5.69 Å². The summed E-state index contributed by atoms with van der Waals surface area (Å²) in [6, 6.07) is 8.57. The van der Waals surface area contributed by atoms with E-state index in [2.05, 4.69) is 26.4 Å². The average molecular weight is 427 g/mol. The lowest BCUT2D eigenvalue weighted by Gasteiger charge is -2.18. The van der Waals surface area contributed by atoms with E-state index in [1.807, 2.05) is 18.2 Å². The fourth-order valence-corrected chi connectivity index (χ4v) is 3.77. The lowest BCUT2D eigenvalue weighted by atomic mass is 10.0. The topological polar surface area (TPSA) is 72.7 Å². The molecule has 6 nitrogen and oxygen atoms in total. The van der Waals surface area contributed by atoms with Crippen molar-refractivity contribution >= 4 is 5.91 Å². The third kappa shape index (κ3) is 3.80. The number of halogens is 3. The zero-order valence-electron chi connectivity index (χ0n) is 16.8. The molecule has 0 saturated heterocycles. The molecule has 0 spiro atoms. The van der Waals surface area contributed by atoms with Crippen molar-refractivity contribution in [3.8, 4) is 11.3 Å². The molecule has 0 unspecified atom stereocenters. The summed E-state index contributed by atoms with van der Waals surface area (Å²) in [6.45, 7) is 0. The zero-order valence-corrected chi connectivity index (χ0v) is 16.8. The van der Waals surface area contributed by atoms with E-state index in [1.165, 1.54) is 19.9 Å². The first kappa shape index (κ1) is 19.7. The average Bonchev–Trinajstić information content (AvgIpc) is 3.67. The number of aryl methyl sites for hydroxylation is 1. The second-order valence-corrected chi connectivity index (χ2v) is 8.25. The van der Waals surface area contributed by atoms with Gasteiger partial charge in [-0.2, -0.15) is 18.3 Å². The molecule has 3 aromatic heterocycles. The Hall–Kier alpha value is -3.23.